The fourth-order valence-corrected chi connectivity index (χ4v) is 17.1. The highest BCUT2D eigenvalue weighted by atomic mass is 35.5. The van der Waals surface area contributed by atoms with Crippen molar-refractivity contribution in [3.8, 4) is 90.5 Å². The Labute approximate surface area is 682 Å². The van der Waals surface area contributed by atoms with Gasteiger partial charge >= 0.3 is 0 Å². The first-order valence-corrected chi connectivity index (χ1v) is 39.9. The predicted octanol–water partition coefficient (Wildman–Crippen LogP) is 29.5. The van der Waals surface area contributed by atoms with Crippen LogP contribution in [0.5, 0.6) is 46.0 Å². The molecule has 2 aliphatic heterocycles. The number of carbonyl (C=O) groups excluding carboxylic acids is 4. The van der Waals surface area contributed by atoms with Crippen molar-refractivity contribution in [2.45, 2.75) is 107 Å². The molecule has 14 heteroatoms. The van der Waals surface area contributed by atoms with E-state index in [1.165, 1.54) is 9.80 Å². The molecule has 10 nitrogen and oxygen atoms in total. The molecule has 0 radical (unpaired) electrons. The summed E-state index contributed by atoms with van der Waals surface area (Å²) in [7, 11) is 0. The van der Waals surface area contributed by atoms with Crippen molar-refractivity contribution in [1.29, 1.82) is 0 Å². The van der Waals surface area contributed by atoms with Gasteiger partial charge in [0.2, 0.25) is 0 Å². The average Bonchev–Trinajstić information content (AvgIpc) is 0.668. The Balaban J connectivity index is 1.12. The lowest BCUT2D eigenvalue weighted by Crippen LogP contribution is -2.42. The fraction of sp³-hybridized carbons (Fsp3) is 0.160. The molecule has 0 bridgehead atoms. The zero-order valence-corrected chi connectivity index (χ0v) is 67.9. The Morgan fingerprint density at radius 2 is 0.474 bits per heavy atom. The molecule has 17 rings (SSSR count). The number of amides is 4. The van der Waals surface area contributed by atoms with Crippen molar-refractivity contribution in [3.05, 3.63) is 317 Å². The molecule has 0 N–H and O–H groups in total. The fourth-order valence-electron chi connectivity index (χ4n) is 16.5. The van der Waals surface area contributed by atoms with Crippen molar-refractivity contribution < 1.29 is 38.1 Å². The number of halogens is 4. The number of ether oxygens (including phenoxy) is 4. The van der Waals surface area contributed by atoms with Gasteiger partial charge in [0, 0.05) is 85.4 Å². The smallest absolute Gasteiger partial charge is 0.266 e. The number of rotatable bonds is 18. The number of benzene rings is 15. The first kappa shape index (κ1) is 75.0. The molecule has 0 aliphatic carbocycles. The van der Waals surface area contributed by atoms with E-state index < -0.39 is 23.6 Å². The van der Waals surface area contributed by atoms with Crippen LogP contribution < -0.4 is 28.7 Å². The third kappa shape index (κ3) is 12.9. The van der Waals surface area contributed by atoms with Crippen molar-refractivity contribution >= 4 is 124 Å². The van der Waals surface area contributed by atoms with Crippen LogP contribution in [-0.4, -0.2) is 23.6 Å². The minimum absolute atomic E-state index is 0.106. The van der Waals surface area contributed by atoms with Crippen LogP contribution >= 0.6 is 46.4 Å². The van der Waals surface area contributed by atoms with Gasteiger partial charge in [-0.1, -0.05) is 245 Å². The second-order valence-electron chi connectivity index (χ2n) is 31.2. The van der Waals surface area contributed by atoms with Crippen LogP contribution in [0.25, 0.3) is 87.6 Å². The summed E-state index contributed by atoms with van der Waals surface area (Å²) < 4.78 is 31.3. The van der Waals surface area contributed by atoms with Crippen LogP contribution in [0.4, 0.5) is 11.4 Å². The summed E-state index contributed by atoms with van der Waals surface area (Å²) in [6, 6.07) is 72.4. The van der Waals surface area contributed by atoms with Gasteiger partial charge < -0.3 is 18.9 Å². The molecule has 15 aromatic carbocycles. The monoisotopic (exact) mass is 1570 g/mol. The molecule has 114 heavy (non-hydrogen) atoms. The maximum Gasteiger partial charge on any atom is 0.266 e. The van der Waals surface area contributed by atoms with Gasteiger partial charge in [-0.15, -0.1) is 0 Å². The number of imide groups is 2. The molecule has 2 heterocycles. The third-order valence-electron chi connectivity index (χ3n) is 22.1. The van der Waals surface area contributed by atoms with Crippen LogP contribution in [0.1, 0.15) is 165 Å². The summed E-state index contributed by atoms with van der Waals surface area (Å²) in [5, 5.41) is 4.28. The van der Waals surface area contributed by atoms with Gasteiger partial charge in [-0.3, -0.25) is 19.2 Å². The molecule has 0 fully saturated rings. The number of aryl methyl sites for hydroxylation is 4. The van der Waals surface area contributed by atoms with Gasteiger partial charge in [0.15, 0.2) is 0 Å². The molecule has 0 saturated heterocycles. The largest absolute Gasteiger partial charge is 0.456 e. The van der Waals surface area contributed by atoms with E-state index in [4.69, 9.17) is 65.4 Å². The minimum atomic E-state index is -0.619. The average molecular weight is 1580 g/mol. The normalized spacial score (nSPS) is 12.9. The molecule has 4 amide bonds. The van der Waals surface area contributed by atoms with Gasteiger partial charge in [-0.25, -0.2) is 9.80 Å². The summed E-state index contributed by atoms with van der Waals surface area (Å²) in [5.74, 6) is -1.11. The summed E-state index contributed by atoms with van der Waals surface area (Å²) in [6.07, 6.45) is 0. The second kappa shape index (κ2) is 29.3. The maximum atomic E-state index is 17.1. The molecule has 0 atom stereocenters. The lowest BCUT2D eigenvalue weighted by Gasteiger charge is -2.35. The lowest BCUT2D eigenvalue weighted by molar-refractivity contribution is 0.0877. The van der Waals surface area contributed by atoms with Crippen molar-refractivity contribution in [2.24, 2.45) is 0 Å². The van der Waals surface area contributed by atoms with Crippen LogP contribution in [0.15, 0.2) is 231 Å². The molecule has 15 aromatic rings. The van der Waals surface area contributed by atoms with Crippen molar-refractivity contribution in [1.82, 2.24) is 0 Å². The molecule has 564 valence electrons. The van der Waals surface area contributed by atoms with E-state index in [0.717, 1.165) is 66.8 Å². The van der Waals surface area contributed by atoms with Crippen LogP contribution in [0.3, 0.4) is 0 Å². The van der Waals surface area contributed by atoms with E-state index in [9.17, 15) is 0 Å². The Morgan fingerprint density at radius 3 is 0.746 bits per heavy atom. The zero-order valence-electron chi connectivity index (χ0n) is 64.9. The number of nitrogens with zero attached hydrogens (tertiary/aromatic N) is 2. The maximum absolute atomic E-state index is 17.1. The number of fused-ring (bicyclic) bond motifs is 2. The summed E-state index contributed by atoms with van der Waals surface area (Å²) in [5.41, 5.74) is 14.3. The van der Waals surface area contributed by atoms with Gasteiger partial charge in [0.1, 0.15) is 46.0 Å². The van der Waals surface area contributed by atoms with Crippen LogP contribution in [0, 0.1) is 27.7 Å². The molecule has 0 saturated carbocycles. The third-order valence-corrected chi connectivity index (χ3v) is 23.1. The molecular weight excluding hydrogens is 1500 g/mol. The number of hydrogen-bond donors (Lipinski definition) is 0. The summed E-state index contributed by atoms with van der Waals surface area (Å²) in [6.45, 7) is 24.6. The van der Waals surface area contributed by atoms with Gasteiger partial charge in [0.25, 0.3) is 23.6 Å². The van der Waals surface area contributed by atoms with Gasteiger partial charge in [-0.2, -0.15) is 0 Å². The highest BCUT2D eigenvalue weighted by Crippen LogP contribution is 2.60. The second-order valence-corrected chi connectivity index (χ2v) is 32.9. The Kier molecular flexibility index (Phi) is 19.3. The quantitative estimate of drug-likeness (QED) is 0.0474. The van der Waals surface area contributed by atoms with Gasteiger partial charge in [-0.05, 0) is 205 Å². The Hall–Kier alpha value is -11.8. The predicted molar refractivity (Wildman–Crippen MR) is 466 cm³/mol. The number of anilines is 2. The van der Waals surface area contributed by atoms with Gasteiger partial charge in [0.05, 0.1) is 33.6 Å². The number of para-hydroxylation sites is 2. The van der Waals surface area contributed by atoms with Crippen molar-refractivity contribution in [3.63, 3.8) is 0 Å². The van der Waals surface area contributed by atoms with E-state index >= 15 is 19.2 Å². The standard InChI is InChI=1S/C100H78Cl4N2O8/c1-51(2)67-15-13-16-68(52(3)4)95(67)105-97(107)75-47-83(111-79-39-23-57(11)43-71(79)59-25-19-55(9)20-26-59)89-90-84(112-80-40-24-58(12)44-72(80)60-27-21-56(10)22-28-60)48-76-88-78(100(110)106(98(76)108)96-69(53(5)6)17-14-18-70(96)54(7)8)50-86(114-82-42-38-66(104)46-74(82)62-31-35-64(102)36-32-62)92(94(88)90)91-85(49-77(99(105)109)87(75)93(89)91)113-81-41-37-65(103)45-73(81)61-29-33-63(101)34-30-61/h13-54H,1-12H3. The Morgan fingerprint density at radius 1 is 0.237 bits per heavy atom. The van der Waals surface area contributed by atoms with Crippen LogP contribution in [-0.2, 0) is 0 Å². The van der Waals surface area contributed by atoms with E-state index in [1.807, 2.05) is 113 Å². The summed E-state index contributed by atoms with van der Waals surface area (Å²) >= 11 is 27.5. The molecular formula is C100H78Cl4N2O8. The first-order chi connectivity index (χ1) is 54.8. The molecule has 0 unspecified atom stereocenters. The molecule has 2 aliphatic rings. The van der Waals surface area contributed by atoms with E-state index in [0.29, 0.717) is 109 Å². The van der Waals surface area contributed by atoms with Crippen molar-refractivity contribution in [2.75, 3.05) is 9.80 Å². The Bertz CT molecular complexity index is 5770. The zero-order chi connectivity index (χ0) is 79.7. The van der Waals surface area contributed by atoms with E-state index in [2.05, 4.69) is 116 Å². The topological polar surface area (TPSA) is 112 Å². The van der Waals surface area contributed by atoms with Crippen LogP contribution in [0.2, 0.25) is 20.1 Å². The molecule has 0 aromatic heterocycles. The van der Waals surface area contributed by atoms with E-state index in [1.54, 1.807) is 84.9 Å². The lowest BCUT2D eigenvalue weighted by atomic mass is 9.80. The number of hydrogen-bond acceptors (Lipinski definition) is 8. The SMILES string of the molecule is Cc1ccc(-c2cc(C)ccc2Oc2cc3c4c(cc(Oc5ccc(Cl)cc5-c5ccc(Cl)cc5)c5c6c(Oc7ccc(Cl)cc7-c7ccc(Cl)cc7)cc7c8c(cc(Oc9ccc(C)cc9-c9ccc(C)cc9)c(c2c45)c86)C(=O)N(c2c(C(C)C)cccc2C(C)C)C7=O)C(=O)N(c2c(C(C)C)cccc2C(C)C)C3=O)cc1. The first-order valence-electron chi connectivity index (χ1n) is 38.4. The highest BCUT2D eigenvalue weighted by molar-refractivity contribution is 6.48. The minimum Gasteiger partial charge on any atom is -0.456 e. The summed E-state index contributed by atoms with van der Waals surface area (Å²) in [4.78, 5) is 71.2. The molecule has 0 spiro atoms. The highest BCUT2D eigenvalue weighted by Gasteiger charge is 2.45. The van der Waals surface area contributed by atoms with E-state index in [-0.39, 0.29) is 79.7 Å². The number of carbonyl (C=O) groups is 4.